The summed E-state index contributed by atoms with van der Waals surface area (Å²) in [5, 5.41) is 2.27. The van der Waals surface area contributed by atoms with Crippen LogP contribution < -0.4 is 5.32 Å². The van der Waals surface area contributed by atoms with E-state index in [9.17, 15) is 22.8 Å². The fourth-order valence-corrected chi connectivity index (χ4v) is 1.32. The number of allylic oxidation sites excluding steroid dienone is 1. The van der Waals surface area contributed by atoms with Gasteiger partial charge in [0.2, 0.25) is 5.91 Å². The molecule has 0 heterocycles. The third kappa shape index (κ3) is 3.48. The summed E-state index contributed by atoms with van der Waals surface area (Å²) in [6, 6.07) is 0. The third-order valence-corrected chi connectivity index (χ3v) is 2.57. The number of hydrogen-bond donors (Lipinski definition) is 1. The van der Waals surface area contributed by atoms with Crippen LogP contribution in [0.2, 0.25) is 0 Å². The maximum atomic E-state index is 12.2. The molecular weight excluding hydrogens is 251 g/mol. The lowest BCUT2D eigenvalue weighted by atomic mass is 10.2. The van der Waals surface area contributed by atoms with Crippen LogP contribution in [-0.4, -0.2) is 30.2 Å². The summed E-state index contributed by atoms with van der Waals surface area (Å²) in [7, 11) is 0. The molecule has 1 aliphatic rings. The first-order chi connectivity index (χ1) is 8.21. The molecule has 0 unspecified atom stereocenters. The average molecular weight is 265 g/mol. The van der Waals surface area contributed by atoms with Gasteiger partial charge in [-0.2, -0.15) is 13.2 Å². The van der Waals surface area contributed by atoms with Gasteiger partial charge in [-0.15, -0.1) is 0 Å². The molecule has 1 rings (SSSR count). The molecule has 102 valence electrons. The topological polar surface area (TPSA) is 55.4 Å². The second-order valence-electron chi connectivity index (χ2n) is 4.12. The molecule has 1 amide bonds. The molecule has 1 N–H and O–H groups in total. The summed E-state index contributed by atoms with van der Waals surface area (Å²) < 4.78 is 41.3. The zero-order valence-corrected chi connectivity index (χ0v) is 10.1. The number of carbonyl (C=O) groups is 2. The van der Waals surface area contributed by atoms with Crippen LogP contribution in [0.15, 0.2) is 11.6 Å². The van der Waals surface area contributed by atoms with Gasteiger partial charge in [0.1, 0.15) is 5.54 Å². The van der Waals surface area contributed by atoms with Crippen LogP contribution in [0.5, 0.6) is 0 Å². The lowest BCUT2D eigenvalue weighted by Gasteiger charge is -2.15. The Morgan fingerprint density at radius 1 is 1.39 bits per heavy atom. The number of esters is 1. The molecule has 1 fully saturated rings. The Labute approximate surface area is 102 Å². The van der Waals surface area contributed by atoms with Gasteiger partial charge >= 0.3 is 12.1 Å². The molecule has 0 aromatic carbocycles. The largest absolute Gasteiger partial charge is 0.464 e. The molecule has 0 saturated heterocycles. The van der Waals surface area contributed by atoms with Crippen LogP contribution in [-0.2, 0) is 14.3 Å². The van der Waals surface area contributed by atoms with Gasteiger partial charge < -0.3 is 10.1 Å². The monoisotopic (exact) mass is 265 g/mol. The van der Waals surface area contributed by atoms with E-state index in [1.807, 2.05) is 0 Å². The summed E-state index contributed by atoms with van der Waals surface area (Å²) in [5.74, 6) is -1.54. The van der Waals surface area contributed by atoms with Crippen molar-refractivity contribution < 1.29 is 27.5 Å². The first kappa shape index (κ1) is 14.5. The van der Waals surface area contributed by atoms with Gasteiger partial charge in [-0.3, -0.25) is 4.79 Å². The zero-order chi connectivity index (χ0) is 14.0. The fourth-order valence-electron chi connectivity index (χ4n) is 1.32. The Balaban J connectivity index is 2.64. The van der Waals surface area contributed by atoms with E-state index in [0.29, 0.717) is 18.9 Å². The molecule has 4 nitrogen and oxygen atoms in total. The Morgan fingerprint density at radius 2 is 1.94 bits per heavy atom. The molecule has 1 saturated carbocycles. The molecule has 0 atom stereocenters. The molecule has 18 heavy (non-hydrogen) atoms. The van der Waals surface area contributed by atoms with Gasteiger partial charge in [0.25, 0.3) is 0 Å². The normalized spacial score (nSPS) is 18.2. The molecule has 0 aliphatic heterocycles. The van der Waals surface area contributed by atoms with Crippen LogP contribution in [0.25, 0.3) is 0 Å². The highest BCUT2D eigenvalue weighted by Crippen LogP contribution is 2.36. The van der Waals surface area contributed by atoms with Gasteiger partial charge in [0.15, 0.2) is 0 Å². The first-order valence-electron chi connectivity index (χ1n) is 5.46. The molecule has 0 aromatic heterocycles. The van der Waals surface area contributed by atoms with Gasteiger partial charge in [-0.05, 0) is 26.7 Å². The van der Waals surface area contributed by atoms with Crippen LogP contribution in [0.1, 0.15) is 26.7 Å². The van der Waals surface area contributed by atoms with E-state index < -0.39 is 29.2 Å². The van der Waals surface area contributed by atoms with E-state index in [0.717, 1.165) is 6.92 Å². The van der Waals surface area contributed by atoms with Gasteiger partial charge in [-0.1, -0.05) is 0 Å². The predicted molar refractivity (Wildman–Crippen MR) is 56.6 cm³/mol. The van der Waals surface area contributed by atoms with Gasteiger partial charge in [-0.25, -0.2) is 4.79 Å². The van der Waals surface area contributed by atoms with Crippen molar-refractivity contribution >= 4 is 11.9 Å². The van der Waals surface area contributed by atoms with Crippen molar-refractivity contribution in [3.05, 3.63) is 11.6 Å². The number of hydrogen-bond acceptors (Lipinski definition) is 3. The van der Waals surface area contributed by atoms with E-state index >= 15 is 0 Å². The molecule has 0 bridgehead atoms. The molecule has 0 aromatic rings. The van der Waals surface area contributed by atoms with E-state index in [1.165, 1.54) is 0 Å². The average Bonchev–Trinajstić information content (AvgIpc) is 2.97. The van der Waals surface area contributed by atoms with Crippen LogP contribution in [0.4, 0.5) is 13.2 Å². The summed E-state index contributed by atoms with van der Waals surface area (Å²) in [6.45, 7) is 2.57. The minimum Gasteiger partial charge on any atom is -0.464 e. The SMILES string of the molecule is CCOC(=O)C1(NC(=O)C=C(C)C(F)(F)F)CC1. The lowest BCUT2D eigenvalue weighted by Crippen LogP contribution is -2.43. The third-order valence-electron chi connectivity index (χ3n) is 2.57. The minimum absolute atomic E-state index is 0.161. The number of alkyl halides is 3. The zero-order valence-electron chi connectivity index (χ0n) is 10.1. The molecule has 7 heteroatoms. The number of carbonyl (C=O) groups excluding carboxylic acids is 2. The van der Waals surface area contributed by atoms with Crippen molar-refractivity contribution in [2.75, 3.05) is 6.61 Å². The standard InChI is InChI=1S/C11H14F3NO3/c1-3-18-9(17)10(4-5-10)15-8(16)6-7(2)11(12,13)14/h6H,3-5H2,1-2H3,(H,15,16). The highest BCUT2D eigenvalue weighted by Gasteiger charge is 2.52. The maximum absolute atomic E-state index is 12.2. The quantitative estimate of drug-likeness (QED) is 0.622. The minimum atomic E-state index is -4.54. The number of amides is 1. The fraction of sp³-hybridized carbons (Fsp3) is 0.636. The summed E-state index contributed by atoms with van der Waals surface area (Å²) >= 11 is 0. The first-order valence-corrected chi connectivity index (χ1v) is 5.46. The Hall–Kier alpha value is -1.53. The van der Waals surface area contributed by atoms with Crippen molar-refractivity contribution in [2.45, 2.75) is 38.4 Å². The summed E-state index contributed by atoms with van der Waals surface area (Å²) in [6.07, 6.45) is -3.33. The van der Waals surface area contributed by atoms with E-state index in [2.05, 4.69) is 5.32 Å². The number of rotatable bonds is 4. The van der Waals surface area contributed by atoms with Crippen LogP contribution in [0, 0.1) is 0 Å². The number of nitrogens with one attached hydrogen (secondary N) is 1. The second-order valence-corrected chi connectivity index (χ2v) is 4.12. The smallest absolute Gasteiger partial charge is 0.412 e. The Bertz CT molecular complexity index is 383. The maximum Gasteiger partial charge on any atom is 0.412 e. The highest BCUT2D eigenvalue weighted by atomic mass is 19.4. The number of halogens is 3. The van der Waals surface area contributed by atoms with Crippen molar-refractivity contribution in [2.24, 2.45) is 0 Å². The van der Waals surface area contributed by atoms with Gasteiger partial charge in [0.05, 0.1) is 6.61 Å². The van der Waals surface area contributed by atoms with Crippen molar-refractivity contribution in [1.82, 2.24) is 5.32 Å². The van der Waals surface area contributed by atoms with Crippen LogP contribution in [0.3, 0.4) is 0 Å². The highest BCUT2D eigenvalue weighted by molar-refractivity contribution is 5.95. The van der Waals surface area contributed by atoms with E-state index in [1.54, 1.807) is 6.92 Å². The van der Waals surface area contributed by atoms with Crippen molar-refractivity contribution in [1.29, 1.82) is 0 Å². The van der Waals surface area contributed by atoms with Gasteiger partial charge in [0, 0.05) is 11.6 Å². The predicted octanol–water partition coefficient (Wildman–Crippen LogP) is 1.71. The number of ether oxygens (including phenoxy) is 1. The second kappa shape index (κ2) is 4.99. The van der Waals surface area contributed by atoms with E-state index in [-0.39, 0.29) is 6.61 Å². The molecule has 0 spiro atoms. The molecule has 0 radical (unpaired) electrons. The summed E-state index contributed by atoms with van der Waals surface area (Å²) in [5.41, 5.74) is -2.14. The lowest BCUT2D eigenvalue weighted by molar-refractivity contribution is -0.148. The molecule has 1 aliphatic carbocycles. The van der Waals surface area contributed by atoms with Crippen molar-refractivity contribution in [3.63, 3.8) is 0 Å². The Morgan fingerprint density at radius 3 is 2.33 bits per heavy atom. The van der Waals surface area contributed by atoms with Crippen molar-refractivity contribution in [3.8, 4) is 0 Å². The van der Waals surface area contributed by atoms with E-state index in [4.69, 9.17) is 4.74 Å². The molecular formula is C11H14F3NO3. The Kier molecular flexibility index (Phi) is 4.03. The summed E-state index contributed by atoms with van der Waals surface area (Å²) in [4.78, 5) is 22.8. The van der Waals surface area contributed by atoms with Crippen LogP contribution >= 0.6 is 0 Å².